The minimum Gasteiger partial charge on any atom is -0.368 e. The summed E-state index contributed by atoms with van der Waals surface area (Å²) in [5, 5.41) is 0. The summed E-state index contributed by atoms with van der Waals surface area (Å²) < 4.78 is 14.6. The van der Waals surface area contributed by atoms with Crippen LogP contribution in [0, 0.1) is 0 Å². The molecule has 1 atom stereocenters. The fourth-order valence-corrected chi connectivity index (χ4v) is 4.79. The van der Waals surface area contributed by atoms with Crippen LogP contribution in [0.25, 0.3) is 11.3 Å². The van der Waals surface area contributed by atoms with Gasteiger partial charge >= 0.3 is 0 Å². The lowest BCUT2D eigenvalue weighted by Gasteiger charge is -2.28. The molecule has 2 aliphatic rings. The van der Waals surface area contributed by atoms with Crippen molar-refractivity contribution in [3.05, 3.63) is 42.2 Å². The molecule has 0 bridgehead atoms. The second kappa shape index (κ2) is 8.70. The van der Waals surface area contributed by atoms with Crippen LogP contribution in [0.4, 0.5) is 29.1 Å². The number of benzene rings is 1. The highest BCUT2D eigenvalue weighted by Crippen LogP contribution is 2.39. The summed E-state index contributed by atoms with van der Waals surface area (Å²) in [5.74, 6) is 1.89. The van der Waals surface area contributed by atoms with Crippen LogP contribution < -0.4 is 20.3 Å². The highest BCUT2D eigenvalue weighted by Gasteiger charge is 2.29. The molecule has 166 valence electrons. The number of rotatable bonds is 5. The second-order valence-corrected chi connectivity index (χ2v) is 9.17. The van der Waals surface area contributed by atoms with Crippen molar-refractivity contribution in [1.82, 2.24) is 19.9 Å². The molecule has 5 rings (SSSR count). The Morgan fingerprint density at radius 2 is 1.84 bits per heavy atom. The average Bonchev–Trinajstić information content (AvgIpc) is 3.23. The maximum absolute atomic E-state index is 11.6. The Balaban J connectivity index is 1.60. The fourth-order valence-electron chi connectivity index (χ4n) is 4.33. The smallest absolute Gasteiger partial charge is 0.227 e. The number of aromatic nitrogens is 4. The minimum atomic E-state index is -1.13. The molecule has 0 saturated carbocycles. The molecule has 0 spiro atoms. The Morgan fingerprint density at radius 3 is 2.59 bits per heavy atom. The highest BCUT2D eigenvalue weighted by atomic mass is 32.2. The van der Waals surface area contributed by atoms with Gasteiger partial charge in [-0.15, -0.1) is 0 Å². The number of nitrogens with zero attached hydrogens (tertiary/aromatic N) is 6. The van der Waals surface area contributed by atoms with Crippen LogP contribution in [-0.2, 0) is 17.4 Å². The third kappa shape index (κ3) is 4.10. The van der Waals surface area contributed by atoms with Crippen molar-refractivity contribution < 1.29 is 4.21 Å². The van der Waals surface area contributed by atoms with Gasteiger partial charge in [-0.3, -0.25) is 0 Å². The molecule has 0 aliphatic carbocycles. The summed E-state index contributed by atoms with van der Waals surface area (Å²) in [6, 6.07) is 7.93. The molecule has 9 nitrogen and oxygen atoms in total. The lowest BCUT2D eigenvalue weighted by Crippen LogP contribution is -2.31. The van der Waals surface area contributed by atoms with E-state index in [2.05, 4.69) is 24.5 Å². The first kappa shape index (κ1) is 20.6. The van der Waals surface area contributed by atoms with Gasteiger partial charge in [0.15, 0.2) is 0 Å². The number of piperidine rings is 1. The van der Waals surface area contributed by atoms with Crippen LogP contribution in [0.3, 0.4) is 0 Å². The highest BCUT2D eigenvalue weighted by molar-refractivity contribution is 7.85. The Hall–Kier alpha value is -3.27. The third-order valence-corrected chi connectivity index (χ3v) is 6.34. The molecule has 1 aromatic carbocycles. The van der Waals surface area contributed by atoms with Gasteiger partial charge in [0.05, 0.1) is 5.69 Å². The molecule has 2 aliphatic heterocycles. The van der Waals surface area contributed by atoms with Crippen LogP contribution in [0.15, 0.2) is 36.7 Å². The van der Waals surface area contributed by atoms with Crippen molar-refractivity contribution in [2.45, 2.75) is 25.7 Å². The number of hydrogen-bond acceptors (Lipinski definition) is 8. The van der Waals surface area contributed by atoms with Gasteiger partial charge in [0.1, 0.15) is 16.8 Å². The molecule has 0 radical (unpaired) electrons. The zero-order valence-electron chi connectivity index (χ0n) is 18.0. The second-order valence-electron chi connectivity index (χ2n) is 8.06. The molecule has 3 aromatic rings. The SMILES string of the molecule is CS(=O)Nc1cccc(N2CCc3c(-c4cnc(N)nc4)nc(N4CCCCC4)nc32)c1. The number of hydrogen-bond donors (Lipinski definition) is 2. The number of fused-ring (bicyclic) bond motifs is 1. The van der Waals surface area contributed by atoms with Gasteiger partial charge in [0, 0.05) is 60.8 Å². The van der Waals surface area contributed by atoms with E-state index in [1.54, 1.807) is 18.6 Å². The zero-order chi connectivity index (χ0) is 22.1. The van der Waals surface area contributed by atoms with Crippen molar-refractivity contribution in [1.29, 1.82) is 0 Å². The number of nitrogens with two attached hydrogens (primary N) is 1. The Kier molecular flexibility index (Phi) is 5.60. The topological polar surface area (TPSA) is 113 Å². The third-order valence-electron chi connectivity index (χ3n) is 5.82. The molecule has 10 heteroatoms. The summed E-state index contributed by atoms with van der Waals surface area (Å²) in [6.07, 6.45) is 9.43. The van der Waals surface area contributed by atoms with E-state index in [1.807, 2.05) is 24.3 Å². The number of nitrogen functional groups attached to an aromatic ring is 1. The van der Waals surface area contributed by atoms with E-state index in [0.29, 0.717) is 0 Å². The first-order valence-corrected chi connectivity index (χ1v) is 12.4. The zero-order valence-corrected chi connectivity index (χ0v) is 18.8. The Bertz CT molecular complexity index is 1150. The lowest BCUT2D eigenvalue weighted by atomic mass is 10.1. The van der Waals surface area contributed by atoms with Crippen molar-refractivity contribution in [2.24, 2.45) is 0 Å². The molecule has 4 heterocycles. The lowest BCUT2D eigenvalue weighted by molar-refractivity contribution is 0.568. The predicted octanol–water partition coefficient (Wildman–Crippen LogP) is 2.91. The van der Waals surface area contributed by atoms with Crippen LogP contribution in [0.2, 0.25) is 0 Å². The van der Waals surface area contributed by atoms with Crippen molar-refractivity contribution >= 4 is 40.1 Å². The summed E-state index contributed by atoms with van der Waals surface area (Å²) in [5.41, 5.74) is 10.3. The van der Waals surface area contributed by atoms with Gasteiger partial charge in [-0.05, 0) is 43.9 Å². The van der Waals surface area contributed by atoms with Gasteiger partial charge < -0.3 is 20.3 Å². The molecule has 0 amide bonds. The van der Waals surface area contributed by atoms with E-state index in [9.17, 15) is 4.21 Å². The van der Waals surface area contributed by atoms with E-state index in [4.69, 9.17) is 15.7 Å². The maximum Gasteiger partial charge on any atom is 0.227 e. The van der Waals surface area contributed by atoms with Crippen molar-refractivity contribution in [3.63, 3.8) is 0 Å². The minimum absolute atomic E-state index is 0.245. The molecule has 1 saturated heterocycles. The van der Waals surface area contributed by atoms with Crippen LogP contribution in [0.1, 0.15) is 24.8 Å². The first-order chi connectivity index (χ1) is 15.6. The van der Waals surface area contributed by atoms with E-state index in [-0.39, 0.29) is 5.95 Å². The van der Waals surface area contributed by atoms with E-state index >= 15 is 0 Å². The maximum atomic E-state index is 11.6. The molecule has 3 N–H and O–H groups in total. The molecule has 2 aromatic heterocycles. The molecular formula is C22H26N8OS. The van der Waals surface area contributed by atoms with Gasteiger partial charge in [0.2, 0.25) is 11.9 Å². The normalized spacial score (nSPS) is 16.7. The van der Waals surface area contributed by atoms with E-state index in [1.165, 1.54) is 6.42 Å². The Morgan fingerprint density at radius 1 is 1.06 bits per heavy atom. The van der Waals surface area contributed by atoms with Crippen LogP contribution in [-0.4, -0.2) is 50.0 Å². The van der Waals surface area contributed by atoms with Crippen LogP contribution in [0.5, 0.6) is 0 Å². The molecular weight excluding hydrogens is 424 g/mol. The van der Waals surface area contributed by atoms with Crippen molar-refractivity contribution in [3.8, 4) is 11.3 Å². The van der Waals surface area contributed by atoms with Crippen molar-refractivity contribution in [2.75, 3.05) is 46.1 Å². The molecule has 1 unspecified atom stereocenters. The summed E-state index contributed by atoms with van der Waals surface area (Å²) >= 11 is 0. The standard InChI is InChI=1S/C22H26N8OS/c1-32(31)28-16-6-5-7-17(12-16)30-11-8-18-19(15-13-24-21(23)25-14-15)26-22(27-20(18)30)29-9-3-2-4-10-29/h5-7,12-14,28H,2-4,8-11H2,1H3,(H2,23,24,25). The Labute approximate surface area is 189 Å². The molecule has 1 fully saturated rings. The summed E-state index contributed by atoms with van der Waals surface area (Å²) in [6.45, 7) is 2.70. The van der Waals surface area contributed by atoms with Gasteiger partial charge in [-0.1, -0.05) is 6.07 Å². The monoisotopic (exact) mass is 450 g/mol. The molecule has 32 heavy (non-hydrogen) atoms. The van der Waals surface area contributed by atoms with E-state index in [0.717, 1.165) is 78.9 Å². The fraction of sp³-hybridized carbons (Fsp3) is 0.364. The predicted molar refractivity (Wildman–Crippen MR) is 128 cm³/mol. The summed E-state index contributed by atoms with van der Waals surface area (Å²) in [7, 11) is -1.13. The number of anilines is 5. The van der Waals surface area contributed by atoms with Gasteiger partial charge in [0.25, 0.3) is 0 Å². The van der Waals surface area contributed by atoms with Gasteiger partial charge in [-0.25, -0.2) is 19.2 Å². The first-order valence-electron chi connectivity index (χ1n) is 10.8. The largest absolute Gasteiger partial charge is 0.368 e. The average molecular weight is 451 g/mol. The summed E-state index contributed by atoms with van der Waals surface area (Å²) in [4.78, 5) is 22.8. The van der Waals surface area contributed by atoms with Crippen LogP contribution >= 0.6 is 0 Å². The van der Waals surface area contributed by atoms with E-state index < -0.39 is 11.0 Å². The quantitative estimate of drug-likeness (QED) is 0.610. The van der Waals surface area contributed by atoms with Gasteiger partial charge in [-0.2, -0.15) is 4.98 Å². The number of nitrogens with one attached hydrogen (secondary N) is 1.